The minimum absolute atomic E-state index is 0.237. The van der Waals surface area contributed by atoms with Crippen molar-refractivity contribution in [2.45, 2.75) is 27.7 Å². The lowest BCUT2D eigenvalue weighted by Gasteiger charge is -2.26. The van der Waals surface area contributed by atoms with Gasteiger partial charge in [-0.15, -0.1) is 0 Å². The lowest BCUT2D eigenvalue weighted by molar-refractivity contribution is 0.445. The predicted molar refractivity (Wildman–Crippen MR) is 132 cm³/mol. The maximum absolute atomic E-state index is 10.2. The fourth-order valence-corrected chi connectivity index (χ4v) is 3.72. The van der Waals surface area contributed by atoms with Gasteiger partial charge in [0.05, 0.1) is 0 Å². The maximum Gasteiger partial charge on any atom is 0.134 e. The Morgan fingerprint density at radius 2 is 1.09 bits per heavy atom. The van der Waals surface area contributed by atoms with E-state index in [9.17, 15) is 15.3 Å². The van der Waals surface area contributed by atoms with Crippen LogP contribution in [0.5, 0.6) is 28.7 Å². The molecule has 0 aromatic heterocycles. The molecule has 5 nitrogen and oxygen atoms in total. The number of phenolic OH excluding ortho intramolecular Hbond substituents is 3. The van der Waals surface area contributed by atoms with Gasteiger partial charge in [-0.1, -0.05) is 6.07 Å². The van der Waals surface area contributed by atoms with E-state index < -0.39 is 0 Å². The molecule has 0 aliphatic rings. The van der Waals surface area contributed by atoms with Gasteiger partial charge in [0.25, 0.3) is 0 Å². The zero-order valence-corrected chi connectivity index (χ0v) is 19.1. The molecule has 0 fully saturated rings. The Labute approximate surface area is 193 Å². The molecule has 33 heavy (non-hydrogen) atoms. The number of nitrogens with zero attached hydrogens (tertiary/aromatic N) is 1. The number of hydrogen-bond donors (Lipinski definition) is 3. The molecule has 0 spiro atoms. The Hall–Kier alpha value is -4.12. The van der Waals surface area contributed by atoms with Gasteiger partial charge in [0.2, 0.25) is 0 Å². The Morgan fingerprint density at radius 3 is 1.61 bits per heavy atom. The van der Waals surface area contributed by atoms with Gasteiger partial charge in [0.1, 0.15) is 28.7 Å². The number of ether oxygens (including phenoxy) is 1. The van der Waals surface area contributed by atoms with Crippen molar-refractivity contribution in [3.8, 4) is 28.7 Å². The average molecular weight is 442 g/mol. The van der Waals surface area contributed by atoms with Gasteiger partial charge < -0.3 is 25.0 Å². The second-order valence-electron chi connectivity index (χ2n) is 8.23. The molecule has 0 saturated heterocycles. The van der Waals surface area contributed by atoms with Crippen LogP contribution in [-0.4, -0.2) is 15.3 Å². The fraction of sp³-hybridized carbons (Fsp3) is 0.143. The molecule has 0 aliphatic carbocycles. The summed E-state index contributed by atoms with van der Waals surface area (Å²) in [6.07, 6.45) is 0. The van der Waals surface area contributed by atoms with E-state index in [0.717, 1.165) is 33.8 Å². The molecule has 4 aromatic rings. The number of hydrogen-bond acceptors (Lipinski definition) is 5. The summed E-state index contributed by atoms with van der Waals surface area (Å²) in [5.41, 5.74) is 5.68. The van der Waals surface area contributed by atoms with Crippen LogP contribution in [0.3, 0.4) is 0 Å². The summed E-state index contributed by atoms with van der Waals surface area (Å²) in [7, 11) is 0. The SMILES string of the molecule is Cc1cc(N(c2ccc(Oc3ccc(C)c(O)c3C)cc2)c2ccc(O)c(C)c2)ccc1O. The first-order chi connectivity index (χ1) is 15.7. The lowest BCUT2D eigenvalue weighted by Crippen LogP contribution is -2.10. The van der Waals surface area contributed by atoms with E-state index in [2.05, 4.69) is 0 Å². The molecule has 0 bridgehead atoms. The van der Waals surface area contributed by atoms with Crippen molar-refractivity contribution >= 4 is 17.1 Å². The molecule has 5 heteroatoms. The van der Waals surface area contributed by atoms with Crippen LogP contribution in [0.2, 0.25) is 0 Å². The van der Waals surface area contributed by atoms with Crippen LogP contribution in [0.4, 0.5) is 17.1 Å². The van der Waals surface area contributed by atoms with Crippen molar-refractivity contribution in [3.05, 3.63) is 95.1 Å². The second kappa shape index (κ2) is 8.79. The van der Waals surface area contributed by atoms with Gasteiger partial charge in [0, 0.05) is 22.6 Å². The van der Waals surface area contributed by atoms with Gasteiger partial charge >= 0.3 is 0 Å². The fourth-order valence-electron chi connectivity index (χ4n) is 3.72. The molecule has 0 amide bonds. The molecule has 0 unspecified atom stereocenters. The molecule has 0 heterocycles. The van der Waals surface area contributed by atoms with Gasteiger partial charge in [-0.05, 0) is 111 Å². The van der Waals surface area contributed by atoms with E-state index in [1.54, 1.807) is 12.1 Å². The van der Waals surface area contributed by atoms with Crippen molar-refractivity contribution in [1.82, 2.24) is 0 Å². The van der Waals surface area contributed by atoms with E-state index in [-0.39, 0.29) is 17.2 Å². The monoisotopic (exact) mass is 441 g/mol. The first-order valence-corrected chi connectivity index (χ1v) is 10.7. The van der Waals surface area contributed by atoms with Crippen molar-refractivity contribution in [2.24, 2.45) is 0 Å². The lowest BCUT2D eigenvalue weighted by atomic mass is 10.1. The summed E-state index contributed by atoms with van der Waals surface area (Å²) in [5.74, 6) is 1.96. The molecule has 0 saturated carbocycles. The highest BCUT2D eigenvalue weighted by Crippen LogP contribution is 2.39. The normalized spacial score (nSPS) is 10.8. The first-order valence-electron chi connectivity index (χ1n) is 10.7. The molecular weight excluding hydrogens is 414 g/mol. The van der Waals surface area contributed by atoms with Crippen LogP contribution in [0.25, 0.3) is 0 Å². The summed E-state index contributed by atoms with van der Waals surface area (Å²) in [5, 5.41) is 30.2. The molecule has 4 aromatic carbocycles. The van der Waals surface area contributed by atoms with Crippen molar-refractivity contribution in [1.29, 1.82) is 0 Å². The third kappa shape index (κ3) is 4.44. The van der Waals surface area contributed by atoms with E-state index in [4.69, 9.17) is 4.74 Å². The minimum atomic E-state index is 0.237. The van der Waals surface area contributed by atoms with E-state index >= 15 is 0 Å². The van der Waals surface area contributed by atoms with Gasteiger partial charge in [-0.2, -0.15) is 0 Å². The second-order valence-corrected chi connectivity index (χ2v) is 8.23. The standard InChI is InChI=1S/C28H27NO4/c1-17-5-14-27(20(4)28(17)32)33-24-10-6-21(7-11-24)29(22-8-12-25(30)18(2)15-22)23-9-13-26(31)19(3)16-23/h5-16,30-32H,1-4H3. The van der Waals surface area contributed by atoms with Crippen molar-refractivity contribution < 1.29 is 20.1 Å². The highest BCUT2D eigenvalue weighted by atomic mass is 16.5. The Kier molecular flexibility index (Phi) is 5.88. The predicted octanol–water partition coefficient (Wildman–Crippen LogP) is 7.30. The van der Waals surface area contributed by atoms with Crippen LogP contribution >= 0.6 is 0 Å². The number of phenols is 3. The maximum atomic E-state index is 10.2. The number of rotatable bonds is 5. The quantitative estimate of drug-likeness (QED) is 0.303. The zero-order valence-electron chi connectivity index (χ0n) is 19.1. The largest absolute Gasteiger partial charge is 0.508 e. The molecule has 0 atom stereocenters. The third-order valence-electron chi connectivity index (χ3n) is 5.78. The zero-order chi connectivity index (χ0) is 23.7. The molecule has 0 radical (unpaired) electrons. The topological polar surface area (TPSA) is 73.2 Å². The molecule has 0 aliphatic heterocycles. The number of aromatic hydroxyl groups is 3. The summed E-state index contributed by atoms with van der Waals surface area (Å²) in [6.45, 7) is 7.39. The summed E-state index contributed by atoms with van der Waals surface area (Å²) < 4.78 is 6.02. The van der Waals surface area contributed by atoms with Crippen LogP contribution in [0.1, 0.15) is 22.3 Å². The van der Waals surface area contributed by atoms with Gasteiger partial charge in [-0.3, -0.25) is 0 Å². The highest BCUT2D eigenvalue weighted by Gasteiger charge is 2.15. The molecule has 3 N–H and O–H groups in total. The number of anilines is 3. The van der Waals surface area contributed by atoms with Crippen molar-refractivity contribution in [3.63, 3.8) is 0 Å². The van der Waals surface area contributed by atoms with Crippen LogP contribution in [0, 0.1) is 27.7 Å². The average Bonchev–Trinajstić information content (AvgIpc) is 2.80. The Bertz CT molecular complexity index is 1260. The molecular formula is C28H27NO4. The first kappa shape index (κ1) is 22.1. The van der Waals surface area contributed by atoms with Crippen LogP contribution in [-0.2, 0) is 0 Å². The highest BCUT2D eigenvalue weighted by molar-refractivity contribution is 5.78. The van der Waals surface area contributed by atoms with E-state index in [1.165, 1.54) is 0 Å². The minimum Gasteiger partial charge on any atom is -0.508 e. The summed E-state index contributed by atoms with van der Waals surface area (Å²) in [4.78, 5) is 2.05. The van der Waals surface area contributed by atoms with E-state index in [1.807, 2.05) is 93.3 Å². The van der Waals surface area contributed by atoms with Crippen LogP contribution < -0.4 is 9.64 Å². The molecule has 168 valence electrons. The summed E-state index contributed by atoms with van der Waals surface area (Å²) in [6, 6.07) is 22.2. The Morgan fingerprint density at radius 1 is 0.576 bits per heavy atom. The smallest absolute Gasteiger partial charge is 0.134 e. The van der Waals surface area contributed by atoms with Crippen LogP contribution in [0.15, 0.2) is 72.8 Å². The van der Waals surface area contributed by atoms with Gasteiger partial charge in [0.15, 0.2) is 0 Å². The molecule has 4 rings (SSSR count). The van der Waals surface area contributed by atoms with E-state index in [0.29, 0.717) is 17.1 Å². The number of aryl methyl sites for hydroxylation is 3. The van der Waals surface area contributed by atoms with Gasteiger partial charge in [-0.25, -0.2) is 0 Å². The third-order valence-corrected chi connectivity index (χ3v) is 5.78. The van der Waals surface area contributed by atoms with Crippen molar-refractivity contribution in [2.75, 3.05) is 4.90 Å². The summed E-state index contributed by atoms with van der Waals surface area (Å²) >= 11 is 0. The number of benzene rings is 4. The Balaban J connectivity index is 1.72.